The van der Waals surface area contributed by atoms with Crippen LogP contribution in [0.25, 0.3) is 0 Å². The van der Waals surface area contributed by atoms with Crippen molar-refractivity contribution in [3.05, 3.63) is 87.2 Å². The van der Waals surface area contributed by atoms with Crippen molar-refractivity contribution in [2.45, 2.75) is 42.7 Å². The highest BCUT2D eigenvalue weighted by Gasteiger charge is 2.43. The van der Waals surface area contributed by atoms with E-state index in [1.165, 1.54) is 39.9 Å². The van der Waals surface area contributed by atoms with Gasteiger partial charge in [0.1, 0.15) is 11.6 Å². The van der Waals surface area contributed by atoms with Gasteiger partial charge in [-0.25, -0.2) is 8.70 Å². The summed E-state index contributed by atoms with van der Waals surface area (Å²) < 4.78 is 22.3. The van der Waals surface area contributed by atoms with Crippen LogP contribution in [0.3, 0.4) is 0 Å². The van der Waals surface area contributed by atoms with Crippen molar-refractivity contribution in [2.75, 3.05) is 57.3 Å². The van der Waals surface area contributed by atoms with Crippen LogP contribution in [0.1, 0.15) is 34.3 Å². The molecule has 3 saturated heterocycles. The van der Waals surface area contributed by atoms with Crippen LogP contribution in [-0.2, 0) is 12.8 Å². The number of carbonyl (C=O) groups excluding carboxylic acids is 1. The lowest BCUT2D eigenvalue weighted by molar-refractivity contribution is 0.0718. The molecule has 10 heteroatoms. The Morgan fingerprint density at radius 2 is 1.70 bits per heavy atom. The first-order chi connectivity index (χ1) is 20.9. The van der Waals surface area contributed by atoms with Crippen molar-refractivity contribution in [3.8, 4) is 5.75 Å². The Kier molecular flexibility index (Phi) is 8.49. The van der Waals surface area contributed by atoms with Gasteiger partial charge in [-0.15, -0.1) is 0 Å². The van der Waals surface area contributed by atoms with Crippen molar-refractivity contribution in [1.82, 2.24) is 14.1 Å². The van der Waals surface area contributed by atoms with Crippen LogP contribution in [-0.4, -0.2) is 84.5 Å². The summed E-state index contributed by atoms with van der Waals surface area (Å²) in [6, 6.07) is 17.2. The lowest BCUT2D eigenvalue weighted by Gasteiger charge is -2.43. The van der Waals surface area contributed by atoms with Crippen molar-refractivity contribution < 1.29 is 13.9 Å². The molecule has 4 aliphatic rings. The first kappa shape index (κ1) is 29.2. The zero-order chi connectivity index (χ0) is 29.5. The van der Waals surface area contributed by atoms with E-state index in [1.54, 1.807) is 0 Å². The summed E-state index contributed by atoms with van der Waals surface area (Å²) in [5.41, 5.74) is 4.13. The fourth-order valence-corrected chi connectivity index (χ4v) is 8.31. The molecular weight excluding hydrogens is 606 g/mol. The van der Waals surface area contributed by atoms with Gasteiger partial charge in [-0.2, -0.15) is 0 Å². The van der Waals surface area contributed by atoms with Gasteiger partial charge in [0.05, 0.1) is 22.9 Å². The predicted octanol–water partition coefficient (Wildman–Crippen LogP) is 6.43. The lowest BCUT2D eigenvalue weighted by atomic mass is 10.1. The largest absolute Gasteiger partial charge is 0.491 e. The number of carbonyl (C=O) groups is 1. The van der Waals surface area contributed by atoms with Gasteiger partial charge in [-0.3, -0.25) is 4.79 Å². The van der Waals surface area contributed by atoms with E-state index in [4.69, 9.17) is 27.9 Å². The quantitative estimate of drug-likeness (QED) is 0.277. The lowest BCUT2D eigenvalue weighted by Crippen LogP contribution is -2.55. The molecular formula is C33H35Cl2FN4O2S. The van der Waals surface area contributed by atoms with E-state index in [-0.39, 0.29) is 23.0 Å². The Hall–Kier alpha value is -2.49. The van der Waals surface area contributed by atoms with Crippen LogP contribution in [0.5, 0.6) is 5.75 Å². The van der Waals surface area contributed by atoms with Gasteiger partial charge in [0.25, 0.3) is 5.91 Å². The minimum absolute atomic E-state index is 0.125. The van der Waals surface area contributed by atoms with Gasteiger partial charge >= 0.3 is 0 Å². The summed E-state index contributed by atoms with van der Waals surface area (Å²) in [4.78, 5) is 21.6. The highest BCUT2D eigenvalue weighted by molar-refractivity contribution is 7.97. The van der Waals surface area contributed by atoms with E-state index in [0.717, 1.165) is 69.2 Å². The number of amides is 1. The number of benzene rings is 3. The maximum Gasteiger partial charge on any atom is 0.255 e. The Labute approximate surface area is 266 Å². The van der Waals surface area contributed by atoms with Gasteiger partial charge in [0.2, 0.25) is 0 Å². The molecule has 43 heavy (non-hydrogen) atoms. The van der Waals surface area contributed by atoms with Crippen LogP contribution in [0.15, 0.2) is 59.5 Å². The van der Waals surface area contributed by atoms with Crippen molar-refractivity contribution in [1.29, 1.82) is 0 Å². The fourth-order valence-electron chi connectivity index (χ4n) is 6.93. The van der Waals surface area contributed by atoms with E-state index in [2.05, 4.69) is 38.4 Å². The fraction of sp³-hybridized carbons (Fsp3) is 0.424. The average Bonchev–Trinajstić information content (AvgIpc) is 3.58. The molecule has 3 fully saturated rings. The molecule has 6 nitrogen and oxygen atoms in total. The third kappa shape index (κ3) is 6.22. The third-order valence-electron chi connectivity index (χ3n) is 9.14. The second kappa shape index (κ2) is 12.5. The van der Waals surface area contributed by atoms with Crippen LogP contribution in [0.4, 0.5) is 10.1 Å². The average molecular weight is 642 g/mol. The number of rotatable bonds is 7. The molecule has 0 aromatic heterocycles. The Balaban J connectivity index is 1.01. The van der Waals surface area contributed by atoms with E-state index in [9.17, 15) is 9.18 Å². The minimum Gasteiger partial charge on any atom is -0.491 e. The van der Waals surface area contributed by atoms with Gasteiger partial charge in [0.15, 0.2) is 0 Å². The van der Waals surface area contributed by atoms with Crippen LogP contribution < -0.4 is 9.64 Å². The number of fused-ring (bicyclic) bond motifs is 3. The number of halogens is 3. The maximum atomic E-state index is 13.6. The number of nitrogens with zero attached hydrogens (tertiary/aromatic N) is 4. The minimum atomic E-state index is -0.436. The molecule has 0 saturated carbocycles. The van der Waals surface area contributed by atoms with Gasteiger partial charge < -0.3 is 19.4 Å². The molecule has 0 radical (unpaired) electrons. The third-order valence-corrected chi connectivity index (χ3v) is 10.8. The maximum absolute atomic E-state index is 13.6. The summed E-state index contributed by atoms with van der Waals surface area (Å²) >= 11 is 14.1. The van der Waals surface area contributed by atoms with Crippen molar-refractivity contribution in [2.24, 2.45) is 0 Å². The first-order valence-corrected chi connectivity index (χ1v) is 16.7. The molecule has 2 bridgehead atoms. The van der Waals surface area contributed by atoms with E-state index < -0.39 is 5.82 Å². The summed E-state index contributed by atoms with van der Waals surface area (Å²) in [6.45, 7) is 7.16. The molecule has 1 amide bonds. The number of anilines is 1. The normalized spacial score (nSPS) is 22.1. The molecule has 7 rings (SSSR count). The van der Waals surface area contributed by atoms with Gasteiger partial charge in [-0.1, -0.05) is 35.3 Å². The zero-order valence-corrected chi connectivity index (χ0v) is 26.3. The van der Waals surface area contributed by atoms with E-state index >= 15 is 0 Å². The number of hydrogen-bond acceptors (Lipinski definition) is 6. The monoisotopic (exact) mass is 640 g/mol. The van der Waals surface area contributed by atoms with Crippen LogP contribution >= 0.6 is 35.1 Å². The summed E-state index contributed by atoms with van der Waals surface area (Å²) in [5.74, 6) is 0.448. The van der Waals surface area contributed by atoms with Gasteiger partial charge in [0, 0.05) is 79.8 Å². The molecule has 3 aromatic rings. The molecule has 3 aromatic carbocycles. The van der Waals surface area contributed by atoms with E-state index in [1.807, 2.05) is 29.0 Å². The molecule has 2 atom stereocenters. The Morgan fingerprint density at radius 3 is 2.42 bits per heavy atom. The number of ether oxygens (including phenoxy) is 1. The topological polar surface area (TPSA) is 39.3 Å². The van der Waals surface area contributed by atoms with Crippen molar-refractivity contribution >= 4 is 46.7 Å². The highest BCUT2D eigenvalue weighted by atomic mass is 35.5. The van der Waals surface area contributed by atoms with E-state index in [0.29, 0.717) is 25.3 Å². The SMILES string of the molecule is O=C(c1ccc(F)cc1Cl)N1CC2CCC(C1)N2c1cc(SN2CCN(CCc3ccc(Cl)cc3)CC2)cc2c1OCC2. The Bertz CT molecular complexity index is 1490. The molecule has 226 valence electrons. The summed E-state index contributed by atoms with van der Waals surface area (Å²) in [7, 11) is 0. The summed E-state index contributed by atoms with van der Waals surface area (Å²) in [6.07, 6.45) is 4.01. The standard InChI is InChI=1S/C33H35Cl2FN4O2S/c34-24-3-1-22(2-4-24)9-11-37-12-14-39(15-13-37)43-28-17-23-10-16-42-32(23)31(19-28)40-26-6-7-27(40)21-38(20-26)33(41)29-8-5-25(36)18-30(29)35/h1-5,8,17-19,26-27H,6-7,9-16,20-21H2. The molecule has 0 spiro atoms. The smallest absolute Gasteiger partial charge is 0.255 e. The molecule has 0 aliphatic carbocycles. The predicted molar refractivity (Wildman–Crippen MR) is 171 cm³/mol. The molecule has 0 N–H and O–H groups in total. The molecule has 4 heterocycles. The Morgan fingerprint density at radius 1 is 0.953 bits per heavy atom. The van der Waals surface area contributed by atoms with Crippen LogP contribution in [0, 0.1) is 5.82 Å². The second-order valence-electron chi connectivity index (χ2n) is 11.9. The number of likely N-dealkylation sites (tertiary alicyclic amines) is 1. The van der Waals surface area contributed by atoms with Crippen LogP contribution in [0.2, 0.25) is 10.0 Å². The highest BCUT2D eigenvalue weighted by Crippen LogP contribution is 2.46. The molecule has 2 unspecified atom stereocenters. The first-order valence-electron chi connectivity index (χ1n) is 15.1. The second-order valence-corrected chi connectivity index (χ2v) is 13.9. The van der Waals surface area contributed by atoms with Crippen molar-refractivity contribution in [3.63, 3.8) is 0 Å². The van der Waals surface area contributed by atoms with Gasteiger partial charge in [-0.05, 0) is 79.2 Å². The zero-order valence-electron chi connectivity index (χ0n) is 24.0. The number of hydrogen-bond donors (Lipinski definition) is 0. The summed E-state index contributed by atoms with van der Waals surface area (Å²) in [5, 5.41) is 0.950. The molecule has 4 aliphatic heterocycles. The number of piperazine rings is 2.